The van der Waals surface area contributed by atoms with Gasteiger partial charge in [-0.3, -0.25) is 4.79 Å². The molecule has 0 spiro atoms. The fraction of sp³-hybridized carbons (Fsp3) is 0.323. The topological polar surface area (TPSA) is 51.3 Å². The van der Waals surface area contributed by atoms with Gasteiger partial charge in [-0.15, -0.1) is 0 Å². The number of ether oxygens (including phenoxy) is 2. The van der Waals surface area contributed by atoms with E-state index in [4.69, 9.17) is 21.1 Å². The molecule has 1 saturated heterocycles. The van der Waals surface area contributed by atoms with Gasteiger partial charge in [-0.2, -0.15) is 0 Å². The number of hydrogen-bond acceptors (Lipinski definition) is 3. The van der Waals surface area contributed by atoms with E-state index < -0.39 is 0 Å². The smallest absolute Gasteiger partial charge is 0.202 e. The molecule has 36 heavy (non-hydrogen) atoms. The van der Waals surface area contributed by atoms with Crippen LogP contribution in [0, 0.1) is 18.8 Å². The van der Waals surface area contributed by atoms with E-state index in [1.807, 2.05) is 55.5 Å². The van der Waals surface area contributed by atoms with Crippen LogP contribution in [-0.4, -0.2) is 24.0 Å². The van der Waals surface area contributed by atoms with Gasteiger partial charge < -0.3 is 14.5 Å². The number of carbonyl (C=O) groups excluding carboxylic acids is 1. The van der Waals surface area contributed by atoms with Gasteiger partial charge in [0, 0.05) is 33.6 Å². The molecule has 0 aliphatic carbocycles. The summed E-state index contributed by atoms with van der Waals surface area (Å²) in [6.45, 7) is 7.21. The van der Waals surface area contributed by atoms with Crippen LogP contribution in [0.5, 0.6) is 5.75 Å². The van der Waals surface area contributed by atoms with Crippen molar-refractivity contribution >= 4 is 28.3 Å². The summed E-state index contributed by atoms with van der Waals surface area (Å²) in [6, 6.07) is 22.2. The number of rotatable bonds is 7. The molecular weight excluding hydrogens is 470 g/mol. The summed E-state index contributed by atoms with van der Waals surface area (Å²) in [5, 5.41) is 1.68. The Kier molecular flexibility index (Phi) is 7.17. The molecule has 1 N–H and O–H groups in total. The Hall–Kier alpha value is -3.08. The van der Waals surface area contributed by atoms with Gasteiger partial charge in [0.05, 0.1) is 12.7 Å². The Balaban J connectivity index is 1.28. The average molecular weight is 502 g/mol. The van der Waals surface area contributed by atoms with Gasteiger partial charge in [0.2, 0.25) is 5.78 Å². The van der Waals surface area contributed by atoms with Gasteiger partial charge in [0.15, 0.2) is 6.61 Å². The fourth-order valence-corrected chi connectivity index (χ4v) is 5.40. The summed E-state index contributed by atoms with van der Waals surface area (Å²) >= 11 is 6.09. The van der Waals surface area contributed by atoms with Crippen molar-refractivity contribution in [1.29, 1.82) is 0 Å². The van der Waals surface area contributed by atoms with Crippen molar-refractivity contribution in [3.8, 4) is 5.75 Å². The van der Waals surface area contributed by atoms with Crippen LogP contribution in [-0.2, 0) is 4.74 Å². The van der Waals surface area contributed by atoms with Gasteiger partial charge >= 0.3 is 0 Å². The summed E-state index contributed by atoms with van der Waals surface area (Å²) in [5.74, 6) is 1.81. The Bertz CT molecular complexity index is 1360. The number of aryl methyl sites for hydroxylation is 1. The summed E-state index contributed by atoms with van der Waals surface area (Å²) in [5.41, 5.74) is 5.14. The third-order valence-electron chi connectivity index (χ3n) is 7.31. The van der Waals surface area contributed by atoms with E-state index in [1.54, 1.807) is 6.20 Å². The number of H-pyrrole nitrogens is 1. The third-order valence-corrected chi connectivity index (χ3v) is 7.57. The zero-order valence-electron chi connectivity index (χ0n) is 21.0. The molecule has 1 fully saturated rings. The Morgan fingerprint density at radius 1 is 1.08 bits per heavy atom. The monoisotopic (exact) mass is 501 g/mol. The maximum Gasteiger partial charge on any atom is 0.202 e. The predicted octanol–water partition coefficient (Wildman–Crippen LogP) is 7.91. The minimum Gasteiger partial charge on any atom is -0.485 e. The van der Waals surface area contributed by atoms with Crippen molar-refractivity contribution in [2.45, 2.75) is 39.2 Å². The van der Waals surface area contributed by atoms with Crippen molar-refractivity contribution in [2.24, 2.45) is 11.8 Å². The van der Waals surface area contributed by atoms with E-state index in [2.05, 4.69) is 37.0 Å². The molecule has 0 amide bonds. The molecule has 0 bridgehead atoms. The van der Waals surface area contributed by atoms with E-state index in [1.165, 1.54) is 5.56 Å². The van der Waals surface area contributed by atoms with Crippen LogP contribution in [0.2, 0.25) is 5.02 Å². The molecule has 4 aromatic rings. The second-order valence-corrected chi connectivity index (χ2v) is 10.6. The lowest BCUT2D eigenvalue weighted by Crippen LogP contribution is -2.31. The maximum absolute atomic E-state index is 12.9. The SMILES string of the molecule is Cc1ccc2c(C(=O)COc3cccc([C@@H]4OC[C@@H](c5ccc(Cl)cc5)C[C@H]4C(C)C)c3)c[nH]c2c1. The second kappa shape index (κ2) is 10.5. The highest BCUT2D eigenvalue weighted by molar-refractivity contribution is 6.30. The largest absolute Gasteiger partial charge is 0.485 e. The molecular formula is C31H32ClNO3. The maximum atomic E-state index is 12.9. The van der Waals surface area contributed by atoms with Crippen LogP contribution in [0.15, 0.2) is 72.9 Å². The van der Waals surface area contributed by atoms with Crippen molar-refractivity contribution in [3.05, 3.63) is 100 Å². The highest BCUT2D eigenvalue weighted by atomic mass is 35.5. The molecule has 5 rings (SSSR count). The number of nitrogens with one attached hydrogen (secondary N) is 1. The van der Waals surface area contributed by atoms with Gasteiger partial charge in [0.1, 0.15) is 5.75 Å². The number of benzene rings is 3. The molecule has 3 atom stereocenters. The first-order valence-corrected chi connectivity index (χ1v) is 13.0. The molecule has 0 unspecified atom stereocenters. The lowest BCUT2D eigenvalue weighted by molar-refractivity contribution is -0.0552. The third kappa shape index (κ3) is 5.21. The highest BCUT2D eigenvalue weighted by Crippen LogP contribution is 2.44. The van der Waals surface area contributed by atoms with E-state index in [9.17, 15) is 4.79 Å². The number of fused-ring (bicyclic) bond motifs is 1. The number of ketones is 1. The Morgan fingerprint density at radius 3 is 2.67 bits per heavy atom. The van der Waals surface area contributed by atoms with Crippen LogP contribution in [0.25, 0.3) is 10.9 Å². The molecule has 0 radical (unpaired) electrons. The number of hydrogen-bond donors (Lipinski definition) is 1. The number of halogens is 1. The first kappa shape index (κ1) is 24.6. The van der Waals surface area contributed by atoms with Crippen molar-refractivity contribution in [2.75, 3.05) is 13.2 Å². The molecule has 4 nitrogen and oxygen atoms in total. The normalized spacial score (nSPS) is 20.1. The van der Waals surface area contributed by atoms with E-state index >= 15 is 0 Å². The molecule has 0 saturated carbocycles. The van der Waals surface area contributed by atoms with Crippen LogP contribution in [0.1, 0.15) is 59.3 Å². The van der Waals surface area contributed by atoms with E-state index in [0.717, 1.165) is 33.5 Å². The lowest BCUT2D eigenvalue weighted by Gasteiger charge is -2.39. The molecule has 1 aliphatic heterocycles. The first-order chi connectivity index (χ1) is 17.4. The quantitative estimate of drug-likeness (QED) is 0.262. The molecule has 3 aromatic carbocycles. The Morgan fingerprint density at radius 2 is 1.89 bits per heavy atom. The predicted molar refractivity (Wildman–Crippen MR) is 145 cm³/mol. The zero-order chi connectivity index (χ0) is 25.2. The van der Waals surface area contributed by atoms with Gasteiger partial charge in [-0.1, -0.05) is 61.8 Å². The summed E-state index contributed by atoms with van der Waals surface area (Å²) in [6.07, 6.45) is 2.81. The molecule has 2 heterocycles. The molecule has 186 valence electrons. The van der Waals surface area contributed by atoms with Crippen molar-refractivity contribution < 1.29 is 14.3 Å². The van der Waals surface area contributed by atoms with Crippen LogP contribution >= 0.6 is 11.6 Å². The molecule has 1 aromatic heterocycles. The minimum absolute atomic E-state index is 0.00958. The van der Waals surface area contributed by atoms with Crippen molar-refractivity contribution in [1.82, 2.24) is 4.98 Å². The summed E-state index contributed by atoms with van der Waals surface area (Å²) in [4.78, 5) is 16.1. The van der Waals surface area contributed by atoms with Crippen LogP contribution in [0.3, 0.4) is 0 Å². The lowest BCUT2D eigenvalue weighted by atomic mass is 9.76. The van der Waals surface area contributed by atoms with E-state index in [0.29, 0.717) is 35.7 Å². The standard InChI is InChI=1S/C31H32ClNO3/c1-19(2)27-15-23(21-8-10-24(32)11-9-21)17-36-31(27)22-5-4-6-25(14-22)35-18-30(34)28-16-33-29-13-20(3)7-12-26(28)29/h4-14,16,19,23,27,31,33H,15,17-18H2,1-3H3/t23-,27-,31-/m0/s1. The summed E-state index contributed by atoms with van der Waals surface area (Å²) in [7, 11) is 0. The van der Waals surface area contributed by atoms with Crippen LogP contribution < -0.4 is 4.74 Å². The number of carbonyl (C=O) groups is 1. The number of Topliss-reactive ketones (excluding diaryl/α,β-unsaturated/α-hetero) is 1. The summed E-state index contributed by atoms with van der Waals surface area (Å²) < 4.78 is 12.4. The fourth-order valence-electron chi connectivity index (χ4n) is 5.27. The van der Waals surface area contributed by atoms with Crippen LogP contribution in [0.4, 0.5) is 0 Å². The van der Waals surface area contributed by atoms with Gasteiger partial charge in [-0.25, -0.2) is 0 Å². The van der Waals surface area contributed by atoms with Gasteiger partial charge in [0.25, 0.3) is 0 Å². The number of aromatic nitrogens is 1. The number of aromatic amines is 1. The zero-order valence-corrected chi connectivity index (χ0v) is 21.7. The molecule has 5 heteroatoms. The Labute approximate surface area is 217 Å². The second-order valence-electron chi connectivity index (χ2n) is 10.2. The van der Waals surface area contributed by atoms with Gasteiger partial charge in [-0.05, 0) is 72.2 Å². The van der Waals surface area contributed by atoms with Crippen molar-refractivity contribution in [3.63, 3.8) is 0 Å². The highest BCUT2D eigenvalue weighted by Gasteiger charge is 2.35. The van der Waals surface area contributed by atoms with E-state index in [-0.39, 0.29) is 18.5 Å². The average Bonchev–Trinajstić information content (AvgIpc) is 3.30. The minimum atomic E-state index is -0.0460. The first-order valence-electron chi connectivity index (χ1n) is 12.6. The molecule has 1 aliphatic rings.